The summed E-state index contributed by atoms with van der Waals surface area (Å²) in [5, 5.41) is 9.42. The normalized spacial score (nSPS) is 41.1. The number of hydrogen-bond donors (Lipinski definition) is 1. The molecule has 1 fully saturated rings. The van der Waals surface area contributed by atoms with Crippen molar-refractivity contribution in [1.29, 1.82) is 0 Å². The van der Waals surface area contributed by atoms with E-state index >= 15 is 0 Å². The predicted octanol–water partition coefficient (Wildman–Crippen LogP) is 2.05. The summed E-state index contributed by atoms with van der Waals surface area (Å²) in [5.74, 6) is 2.03. The van der Waals surface area contributed by atoms with Gasteiger partial charge in [-0.1, -0.05) is 20.8 Å². The number of hydrogen-bond acceptors (Lipinski definition) is 1. The fourth-order valence-corrected chi connectivity index (χ4v) is 2.11. The quantitative estimate of drug-likeness (QED) is 0.594. The van der Waals surface area contributed by atoms with E-state index in [2.05, 4.69) is 20.8 Å². The van der Waals surface area contributed by atoms with Crippen LogP contribution in [0.25, 0.3) is 0 Å². The van der Waals surface area contributed by atoms with E-state index in [1.165, 1.54) is 6.42 Å². The largest absolute Gasteiger partial charge is 0.393 e. The minimum absolute atomic E-state index is 0.0209. The summed E-state index contributed by atoms with van der Waals surface area (Å²) in [6.07, 6.45) is 2.22. The second-order valence-electron chi connectivity index (χ2n) is 3.91. The van der Waals surface area contributed by atoms with Crippen molar-refractivity contribution >= 4 is 0 Å². The Kier molecular flexibility index (Phi) is 2.35. The molecule has 0 aromatic rings. The van der Waals surface area contributed by atoms with Crippen LogP contribution in [0.3, 0.4) is 0 Å². The molecule has 0 heterocycles. The minimum atomic E-state index is -0.0209. The van der Waals surface area contributed by atoms with Gasteiger partial charge in [0.1, 0.15) is 0 Å². The summed E-state index contributed by atoms with van der Waals surface area (Å²) in [4.78, 5) is 0. The van der Waals surface area contributed by atoms with Gasteiger partial charge < -0.3 is 5.11 Å². The van der Waals surface area contributed by atoms with Crippen molar-refractivity contribution in [1.82, 2.24) is 0 Å². The molecule has 0 radical (unpaired) electrons. The Labute approximate surface area is 63.4 Å². The van der Waals surface area contributed by atoms with Crippen LogP contribution in [0.5, 0.6) is 0 Å². The van der Waals surface area contributed by atoms with E-state index in [0.717, 1.165) is 18.3 Å². The Hall–Kier alpha value is -0.0400. The van der Waals surface area contributed by atoms with Crippen molar-refractivity contribution < 1.29 is 5.11 Å². The van der Waals surface area contributed by atoms with Gasteiger partial charge in [-0.3, -0.25) is 0 Å². The van der Waals surface area contributed by atoms with Crippen LogP contribution < -0.4 is 0 Å². The summed E-state index contributed by atoms with van der Waals surface area (Å²) in [6, 6.07) is 0. The van der Waals surface area contributed by atoms with Crippen LogP contribution in [0.1, 0.15) is 33.6 Å². The van der Waals surface area contributed by atoms with E-state index in [0.29, 0.717) is 5.92 Å². The molecule has 1 rings (SSSR count). The van der Waals surface area contributed by atoms with Gasteiger partial charge in [0.15, 0.2) is 0 Å². The van der Waals surface area contributed by atoms with Crippen LogP contribution in [-0.4, -0.2) is 11.2 Å². The summed E-state index contributed by atoms with van der Waals surface area (Å²) < 4.78 is 0. The first kappa shape index (κ1) is 8.06. The fraction of sp³-hybridized carbons (Fsp3) is 1.00. The third kappa shape index (κ3) is 1.34. The molecule has 0 amide bonds. The van der Waals surface area contributed by atoms with Gasteiger partial charge in [-0.25, -0.2) is 0 Å². The lowest BCUT2D eigenvalue weighted by Crippen LogP contribution is -2.18. The maximum absolute atomic E-state index is 9.42. The Bertz CT molecular complexity index is 109. The van der Waals surface area contributed by atoms with Gasteiger partial charge >= 0.3 is 0 Å². The highest BCUT2D eigenvalue weighted by atomic mass is 16.3. The second kappa shape index (κ2) is 2.91. The first-order valence-corrected chi connectivity index (χ1v) is 4.31. The van der Waals surface area contributed by atoms with Gasteiger partial charge in [-0.2, -0.15) is 0 Å². The Morgan fingerprint density at radius 2 is 1.90 bits per heavy atom. The zero-order chi connectivity index (χ0) is 7.72. The molecule has 1 heteroatoms. The molecule has 0 spiro atoms. The van der Waals surface area contributed by atoms with Crippen molar-refractivity contribution in [3.63, 3.8) is 0 Å². The molecule has 1 saturated carbocycles. The highest BCUT2D eigenvalue weighted by molar-refractivity contribution is 4.82. The van der Waals surface area contributed by atoms with Gasteiger partial charge in [-0.05, 0) is 30.6 Å². The molecular formula is C9H18O. The van der Waals surface area contributed by atoms with Crippen molar-refractivity contribution in [3.8, 4) is 0 Å². The lowest BCUT2D eigenvalue weighted by atomic mass is 9.87. The van der Waals surface area contributed by atoms with Crippen LogP contribution in [0.2, 0.25) is 0 Å². The van der Waals surface area contributed by atoms with Crippen molar-refractivity contribution in [3.05, 3.63) is 0 Å². The Balaban J connectivity index is 2.49. The molecule has 0 unspecified atom stereocenters. The highest BCUT2D eigenvalue weighted by Gasteiger charge is 2.32. The lowest BCUT2D eigenvalue weighted by Gasteiger charge is -2.20. The average Bonchev–Trinajstić information content (AvgIpc) is 2.14. The molecule has 10 heavy (non-hydrogen) atoms. The Morgan fingerprint density at radius 3 is 2.10 bits per heavy atom. The van der Waals surface area contributed by atoms with Crippen molar-refractivity contribution in [2.75, 3.05) is 0 Å². The number of aliphatic hydroxyl groups is 1. The maximum atomic E-state index is 9.42. The molecule has 1 aliphatic carbocycles. The molecule has 0 aromatic heterocycles. The first-order chi connectivity index (χ1) is 4.63. The Morgan fingerprint density at radius 1 is 1.30 bits per heavy atom. The van der Waals surface area contributed by atoms with Crippen LogP contribution in [0.15, 0.2) is 0 Å². The predicted molar refractivity (Wildman–Crippen MR) is 42.7 cm³/mol. The second-order valence-corrected chi connectivity index (χ2v) is 3.91. The molecule has 0 aromatic carbocycles. The van der Waals surface area contributed by atoms with Crippen LogP contribution in [0.4, 0.5) is 0 Å². The highest BCUT2D eigenvalue weighted by Crippen LogP contribution is 2.36. The van der Waals surface area contributed by atoms with Gasteiger partial charge in [0.25, 0.3) is 0 Å². The summed E-state index contributed by atoms with van der Waals surface area (Å²) in [5.41, 5.74) is 0. The van der Waals surface area contributed by atoms with Gasteiger partial charge in [0, 0.05) is 0 Å². The number of aliphatic hydroxyl groups excluding tert-OH is 1. The fourth-order valence-electron chi connectivity index (χ4n) is 2.11. The SMILES string of the molecule is CC(C)[C@H]1CC[C@H](O)[C@H]1C. The third-order valence-corrected chi connectivity index (χ3v) is 2.93. The van der Waals surface area contributed by atoms with Crippen LogP contribution in [-0.2, 0) is 0 Å². The zero-order valence-corrected chi connectivity index (χ0v) is 7.17. The lowest BCUT2D eigenvalue weighted by molar-refractivity contribution is 0.118. The van der Waals surface area contributed by atoms with Crippen LogP contribution in [0, 0.1) is 17.8 Å². The molecule has 3 atom stereocenters. The molecule has 0 bridgehead atoms. The van der Waals surface area contributed by atoms with Gasteiger partial charge in [-0.15, -0.1) is 0 Å². The molecular weight excluding hydrogens is 124 g/mol. The van der Waals surface area contributed by atoms with E-state index in [1.54, 1.807) is 0 Å². The van der Waals surface area contributed by atoms with Gasteiger partial charge in [0.05, 0.1) is 6.10 Å². The minimum Gasteiger partial charge on any atom is -0.393 e. The van der Waals surface area contributed by atoms with Crippen molar-refractivity contribution in [2.24, 2.45) is 17.8 Å². The number of rotatable bonds is 1. The summed E-state index contributed by atoms with van der Waals surface area (Å²) in [7, 11) is 0. The molecule has 1 N–H and O–H groups in total. The molecule has 1 aliphatic rings. The summed E-state index contributed by atoms with van der Waals surface area (Å²) >= 11 is 0. The monoisotopic (exact) mass is 142 g/mol. The average molecular weight is 142 g/mol. The third-order valence-electron chi connectivity index (χ3n) is 2.93. The van der Waals surface area contributed by atoms with E-state index < -0.39 is 0 Å². The maximum Gasteiger partial charge on any atom is 0.0568 e. The smallest absolute Gasteiger partial charge is 0.0568 e. The van der Waals surface area contributed by atoms with Crippen LogP contribution >= 0.6 is 0 Å². The first-order valence-electron chi connectivity index (χ1n) is 4.31. The zero-order valence-electron chi connectivity index (χ0n) is 7.17. The van der Waals surface area contributed by atoms with E-state index in [-0.39, 0.29) is 6.10 Å². The van der Waals surface area contributed by atoms with E-state index in [4.69, 9.17) is 0 Å². The van der Waals surface area contributed by atoms with Gasteiger partial charge in [0.2, 0.25) is 0 Å². The topological polar surface area (TPSA) is 20.2 Å². The van der Waals surface area contributed by atoms with E-state index in [9.17, 15) is 5.11 Å². The molecule has 60 valence electrons. The standard InChI is InChI=1S/C9H18O/c1-6(2)8-4-5-9(10)7(8)3/h6-10H,4-5H2,1-3H3/t7-,8+,9-/m0/s1. The van der Waals surface area contributed by atoms with Crippen molar-refractivity contribution in [2.45, 2.75) is 39.7 Å². The molecule has 0 saturated heterocycles. The van der Waals surface area contributed by atoms with E-state index in [1.807, 2.05) is 0 Å². The molecule has 1 nitrogen and oxygen atoms in total. The molecule has 0 aliphatic heterocycles. The summed E-state index contributed by atoms with van der Waals surface area (Å²) in [6.45, 7) is 6.67.